The fourth-order valence-electron chi connectivity index (χ4n) is 6.28. The summed E-state index contributed by atoms with van der Waals surface area (Å²) in [6, 6.07) is 12.7. The van der Waals surface area contributed by atoms with E-state index in [0.717, 1.165) is 93.5 Å². The van der Waals surface area contributed by atoms with Crippen LogP contribution in [0.15, 0.2) is 54.4 Å². The number of hydrogen-bond acceptors (Lipinski definition) is 5. The van der Waals surface area contributed by atoms with Crippen molar-refractivity contribution in [3.8, 4) is 0 Å². The fraction of sp³-hybridized carbons (Fsp3) is 0.424. The van der Waals surface area contributed by atoms with Gasteiger partial charge in [-0.3, -0.25) is 9.78 Å². The van der Waals surface area contributed by atoms with E-state index in [9.17, 15) is 4.79 Å². The molecule has 0 saturated carbocycles. The first-order valence-corrected chi connectivity index (χ1v) is 15.0. The van der Waals surface area contributed by atoms with Crippen LogP contribution in [0.1, 0.15) is 53.3 Å². The van der Waals surface area contributed by atoms with Crippen LogP contribution in [0.3, 0.4) is 0 Å². The van der Waals surface area contributed by atoms with E-state index in [4.69, 9.17) is 16.6 Å². The lowest BCUT2D eigenvalue weighted by atomic mass is 9.88. The maximum Gasteiger partial charge on any atom is 0.227 e. The Morgan fingerprint density at radius 3 is 2.42 bits per heavy atom. The van der Waals surface area contributed by atoms with Crippen molar-refractivity contribution in [3.63, 3.8) is 0 Å². The first-order valence-electron chi connectivity index (χ1n) is 14.6. The summed E-state index contributed by atoms with van der Waals surface area (Å²) < 4.78 is 0. The Kier molecular flexibility index (Phi) is 7.90. The molecule has 6 nitrogen and oxygen atoms in total. The van der Waals surface area contributed by atoms with Crippen LogP contribution in [0, 0.1) is 0 Å². The number of benzene rings is 1. The summed E-state index contributed by atoms with van der Waals surface area (Å²) in [7, 11) is 2.15. The molecule has 2 fully saturated rings. The molecule has 0 unspecified atom stereocenters. The molecule has 2 saturated heterocycles. The average molecular weight is 556 g/mol. The highest BCUT2D eigenvalue weighted by molar-refractivity contribution is 6.30. The summed E-state index contributed by atoms with van der Waals surface area (Å²) in [6.45, 7) is 7.66. The van der Waals surface area contributed by atoms with Gasteiger partial charge in [0.15, 0.2) is 0 Å². The number of piperidine rings is 1. The first kappa shape index (κ1) is 27.0. The molecule has 3 aliphatic rings. The van der Waals surface area contributed by atoms with Crippen molar-refractivity contribution in [2.45, 2.75) is 45.4 Å². The normalized spacial score (nSPS) is 17.9. The van der Waals surface area contributed by atoms with Crippen LogP contribution in [0.2, 0.25) is 5.02 Å². The molecule has 1 aliphatic carbocycles. The molecule has 0 atom stereocenters. The number of amides is 1. The second-order valence-electron chi connectivity index (χ2n) is 11.4. The Labute approximate surface area is 242 Å². The number of likely N-dealkylation sites (tertiary alicyclic amines) is 1. The van der Waals surface area contributed by atoms with Gasteiger partial charge in [0.05, 0.1) is 12.1 Å². The molecular weight excluding hydrogens is 518 g/mol. The average Bonchev–Trinajstić information content (AvgIpc) is 3.14. The smallest absolute Gasteiger partial charge is 0.227 e. The van der Waals surface area contributed by atoms with Gasteiger partial charge in [0.2, 0.25) is 5.91 Å². The monoisotopic (exact) mass is 555 g/mol. The van der Waals surface area contributed by atoms with E-state index in [-0.39, 0.29) is 5.91 Å². The Morgan fingerprint density at radius 1 is 0.875 bits per heavy atom. The van der Waals surface area contributed by atoms with E-state index < -0.39 is 0 Å². The van der Waals surface area contributed by atoms with Crippen LogP contribution in [-0.2, 0) is 30.5 Å². The van der Waals surface area contributed by atoms with Gasteiger partial charge in [-0.1, -0.05) is 36.2 Å². The molecule has 0 N–H and O–H groups in total. The van der Waals surface area contributed by atoms with Gasteiger partial charge in [0, 0.05) is 62.3 Å². The molecule has 1 aromatic carbocycles. The highest BCUT2D eigenvalue weighted by Crippen LogP contribution is 2.39. The van der Waals surface area contributed by atoms with Crippen LogP contribution < -0.4 is 4.90 Å². The Hall–Kier alpha value is -3.22. The molecule has 2 aromatic heterocycles. The number of likely N-dealkylation sites (N-methyl/N-ethyl adjacent to an activating group) is 1. The number of aryl methyl sites for hydroxylation is 3. The lowest BCUT2D eigenvalue weighted by Gasteiger charge is -2.33. The van der Waals surface area contributed by atoms with Gasteiger partial charge in [0.1, 0.15) is 5.82 Å². The minimum atomic E-state index is 0.193. The van der Waals surface area contributed by atoms with E-state index in [0.29, 0.717) is 6.42 Å². The number of carbonyl (C=O) groups is 1. The number of rotatable bonds is 4. The van der Waals surface area contributed by atoms with E-state index in [1.807, 2.05) is 29.4 Å². The lowest BCUT2D eigenvalue weighted by molar-refractivity contribution is -0.130. The first-order chi connectivity index (χ1) is 19.5. The van der Waals surface area contributed by atoms with Crippen LogP contribution >= 0.6 is 11.6 Å². The van der Waals surface area contributed by atoms with Gasteiger partial charge in [-0.05, 0) is 91.2 Å². The standard InChI is InChI=1S/C33H38ClN5O/c1-3-23-18-27-5-4-26-21-28(34)6-7-29(26)32(33(27)36-22-23)25-9-12-39(13-10-25)31(40)20-24-8-11-35-30(19-24)38-16-14-37(2)15-17-38/h6-8,11,18-19,21-22H,3-5,9-10,12-17,20H2,1-2H3. The van der Waals surface area contributed by atoms with Crippen molar-refractivity contribution in [2.24, 2.45) is 0 Å². The van der Waals surface area contributed by atoms with Crippen molar-refractivity contribution in [1.82, 2.24) is 19.8 Å². The topological polar surface area (TPSA) is 52.6 Å². The Balaban J connectivity index is 1.20. The number of nitrogens with zero attached hydrogens (tertiary/aromatic N) is 5. The fourth-order valence-corrected chi connectivity index (χ4v) is 6.47. The number of piperazine rings is 1. The van der Waals surface area contributed by atoms with E-state index in [1.165, 1.54) is 33.4 Å². The highest BCUT2D eigenvalue weighted by Gasteiger charge is 2.27. The minimum absolute atomic E-state index is 0.193. The summed E-state index contributed by atoms with van der Waals surface area (Å²) in [5.41, 5.74) is 9.95. The van der Waals surface area contributed by atoms with Crippen molar-refractivity contribution in [2.75, 3.05) is 51.2 Å². The van der Waals surface area contributed by atoms with Gasteiger partial charge in [-0.2, -0.15) is 0 Å². The third-order valence-electron chi connectivity index (χ3n) is 8.73. The molecule has 208 valence electrons. The van der Waals surface area contributed by atoms with Crippen molar-refractivity contribution < 1.29 is 4.79 Å². The Bertz CT molecular complexity index is 1430. The molecule has 7 heteroatoms. The van der Waals surface area contributed by atoms with Crippen molar-refractivity contribution in [3.05, 3.63) is 92.9 Å². The lowest BCUT2D eigenvalue weighted by Crippen LogP contribution is -2.44. The van der Waals surface area contributed by atoms with Crippen molar-refractivity contribution in [1.29, 1.82) is 0 Å². The van der Waals surface area contributed by atoms with E-state index >= 15 is 0 Å². The van der Waals surface area contributed by atoms with Crippen molar-refractivity contribution >= 4 is 28.9 Å². The number of carbonyl (C=O) groups excluding carboxylic acids is 1. The number of aromatic nitrogens is 2. The quantitative estimate of drug-likeness (QED) is 0.442. The summed E-state index contributed by atoms with van der Waals surface area (Å²) in [4.78, 5) is 29.7. The molecule has 40 heavy (non-hydrogen) atoms. The van der Waals surface area contributed by atoms with E-state index in [2.05, 4.69) is 53.0 Å². The maximum atomic E-state index is 13.4. The predicted molar refractivity (Wildman–Crippen MR) is 162 cm³/mol. The van der Waals surface area contributed by atoms with Gasteiger partial charge in [-0.25, -0.2) is 4.98 Å². The number of hydrogen-bond donors (Lipinski definition) is 0. The highest BCUT2D eigenvalue weighted by atomic mass is 35.5. The largest absolute Gasteiger partial charge is 0.354 e. The number of anilines is 1. The summed E-state index contributed by atoms with van der Waals surface area (Å²) >= 11 is 6.42. The number of pyridine rings is 2. The molecule has 3 aromatic rings. The van der Waals surface area contributed by atoms with Crippen LogP contribution in [-0.4, -0.2) is 72.0 Å². The minimum Gasteiger partial charge on any atom is -0.354 e. The zero-order chi connectivity index (χ0) is 27.6. The Morgan fingerprint density at radius 2 is 1.65 bits per heavy atom. The second kappa shape index (κ2) is 11.7. The third kappa shape index (κ3) is 5.65. The zero-order valence-corrected chi connectivity index (χ0v) is 24.4. The van der Waals surface area contributed by atoms with Crippen LogP contribution in [0.5, 0.6) is 0 Å². The SMILES string of the molecule is CCc1cnc2c(c1)CCc1cc(Cl)ccc1C2=C1CCN(C(=O)Cc2ccnc(N3CCN(C)CC3)c2)CC1. The molecular formula is C33H38ClN5O. The predicted octanol–water partition coefficient (Wildman–Crippen LogP) is 5.21. The number of halogens is 1. The second-order valence-corrected chi connectivity index (χ2v) is 11.8. The molecule has 6 rings (SSSR count). The molecule has 0 radical (unpaired) electrons. The summed E-state index contributed by atoms with van der Waals surface area (Å²) in [5.74, 6) is 1.17. The number of fused-ring (bicyclic) bond motifs is 2. The summed E-state index contributed by atoms with van der Waals surface area (Å²) in [5, 5.41) is 0.781. The maximum absolute atomic E-state index is 13.4. The van der Waals surface area contributed by atoms with E-state index in [1.54, 1.807) is 0 Å². The third-order valence-corrected chi connectivity index (χ3v) is 8.97. The van der Waals surface area contributed by atoms with Gasteiger partial charge < -0.3 is 14.7 Å². The van der Waals surface area contributed by atoms with Crippen LogP contribution in [0.25, 0.3) is 5.57 Å². The molecule has 2 aliphatic heterocycles. The van der Waals surface area contributed by atoms with Crippen LogP contribution in [0.4, 0.5) is 5.82 Å². The summed E-state index contributed by atoms with van der Waals surface area (Å²) in [6.07, 6.45) is 8.93. The molecule has 0 bridgehead atoms. The van der Waals surface area contributed by atoms with Gasteiger partial charge in [-0.15, -0.1) is 0 Å². The molecule has 1 amide bonds. The molecule has 4 heterocycles. The van der Waals surface area contributed by atoms with Gasteiger partial charge >= 0.3 is 0 Å². The van der Waals surface area contributed by atoms with Gasteiger partial charge in [0.25, 0.3) is 0 Å². The zero-order valence-electron chi connectivity index (χ0n) is 23.6. The molecule has 0 spiro atoms.